The molecule has 0 aromatic carbocycles. The smallest absolute Gasteiger partial charge is 0.261 e. The van der Waals surface area contributed by atoms with Crippen LogP contribution in [0.1, 0.15) is 35.3 Å². The molecule has 112 valence electrons. The van der Waals surface area contributed by atoms with Crippen molar-refractivity contribution in [3.8, 4) is 0 Å². The van der Waals surface area contributed by atoms with Crippen LogP contribution in [0.25, 0.3) is 0 Å². The average Bonchev–Trinajstić information content (AvgIpc) is 3.16. The summed E-state index contributed by atoms with van der Waals surface area (Å²) >= 11 is 1.35. The molecule has 0 fully saturated rings. The highest BCUT2D eigenvalue weighted by molar-refractivity contribution is 7.12. The molecule has 2 atom stereocenters. The molecule has 2 heterocycles. The van der Waals surface area contributed by atoms with Gasteiger partial charge < -0.3 is 14.6 Å². The average molecular weight is 306 g/mol. The van der Waals surface area contributed by atoms with Crippen molar-refractivity contribution in [2.24, 2.45) is 0 Å². The second-order valence-corrected chi connectivity index (χ2v) is 5.76. The zero-order valence-electron chi connectivity index (χ0n) is 12.2. The summed E-state index contributed by atoms with van der Waals surface area (Å²) in [7, 11) is 1.70. The molecule has 0 aliphatic heterocycles. The van der Waals surface area contributed by atoms with Crippen molar-refractivity contribution in [1.29, 1.82) is 0 Å². The van der Waals surface area contributed by atoms with Crippen molar-refractivity contribution in [1.82, 2.24) is 10.2 Å². The third-order valence-corrected chi connectivity index (χ3v) is 4.22. The highest BCUT2D eigenvalue weighted by Crippen LogP contribution is 2.19. The van der Waals surface area contributed by atoms with E-state index in [0.717, 1.165) is 0 Å². The number of carbonyl (C=O) groups excluding carboxylic acids is 2. The van der Waals surface area contributed by atoms with Gasteiger partial charge >= 0.3 is 0 Å². The summed E-state index contributed by atoms with van der Waals surface area (Å²) in [4.78, 5) is 26.5. The van der Waals surface area contributed by atoms with Crippen molar-refractivity contribution in [2.45, 2.75) is 25.9 Å². The summed E-state index contributed by atoms with van der Waals surface area (Å²) < 4.78 is 5.31. The monoisotopic (exact) mass is 306 g/mol. The van der Waals surface area contributed by atoms with Gasteiger partial charge in [0, 0.05) is 7.05 Å². The second-order valence-electron chi connectivity index (χ2n) is 4.81. The van der Waals surface area contributed by atoms with Gasteiger partial charge in [-0.1, -0.05) is 6.07 Å². The molecule has 2 aromatic rings. The molecule has 0 radical (unpaired) electrons. The van der Waals surface area contributed by atoms with E-state index in [1.165, 1.54) is 11.3 Å². The number of likely N-dealkylation sites (N-methyl/N-ethyl adjacent to an activating group) is 1. The van der Waals surface area contributed by atoms with Gasteiger partial charge in [-0.15, -0.1) is 11.3 Å². The lowest BCUT2D eigenvalue weighted by molar-refractivity contribution is -0.133. The summed E-state index contributed by atoms with van der Waals surface area (Å²) in [6.45, 7) is 3.56. The quantitative estimate of drug-likeness (QED) is 0.924. The van der Waals surface area contributed by atoms with E-state index in [1.54, 1.807) is 43.3 Å². The number of thiophene rings is 1. The SMILES string of the molecule is CC(NC(=O)c1cccs1)C(=O)N(C)C(C)c1ccco1. The molecule has 0 bridgehead atoms. The minimum atomic E-state index is -0.595. The van der Waals surface area contributed by atoms with Gasteiger partial charge in [-0.3, -0.25) is 9.59 Å². The maximum Gasteiger partial charge on any atom is 0.261 e. The van der Waals surface area contributed by atoms with Crippen molar-refractivity contribution < 1.29 is 14.0 Å². The Morgan fingerprint density at radius 2 is 2.05 bits per heavy atom. The molecule has 5 nitrogen and oxygen atoms in total. The number of rotatable bonds is 5. The molecule has 0 saturated carbocycles. The van der Waals surface area contributed by atoms with E-state index < -0.39 is 6.04 Å². The van der Waals surface area contributed by atoms with Crippen LogP contribution in [0.15, 0.2) is 40.3 Å². The number of nitrogens with zero attached hydrogens (tertiary/aromatic N) is 1. The second kappa shape index (κ2) is 6.58. The van der Waals surface area contributed by atoms with Crippen LogP contribution >= 0.6 is 11.3 Å². The lowest BCUT2D eigenvalue weighted by Crippen LogP contribution is -2.46. The fraction of sp³-hybridized carbons (Fsp3) is 0.333. The summed E-state index contributed by atoms with van der Waals surface area (Å²) in [6, 6.07) is 6.36. The minimum absolute atomic E-state index is 0.163. The van der Waals surface area contributed by atoms with Gasteiger partial charge in [-0.2, -0.15) is 0 Å². The van der Waals surface area contributed by atoms with Crippen LogP contribution in [-0.4, -0.2) is 29.8 Å². The Labute approximate surface area is 127 Å². The first kappa shape index (κ1) is 15.3. The van der Waals surface area contributed by atoms with Gasteiger partial charge in [0.25, 0.3) is 5.91 Å². The van der Waals surface area contributed by atoms with Gasteiger partial charge in [0.1, 0.15) is 11.8 Å². The molecule has 0 spiro atoms. The van der Waals surface area contributed by atoms with Crippen LogP contribution in [0.2, 0.25) is 0 Å². The van der Waals surface area contributed by atoms with E-state index in [9.17, 15) is 9.59 Å². The zero-order valence-corrected chi connectivity index (χ0v) is 13.0. The van der Waals surface area contributed by atoms with Crippen LogP contribution < -0.4 is 5.32 Å². The molecule has 0 aliphatic rings. The molecule has 2 amide bonds. The largest absolute Gasteiger partial charge is 0.467 e. The fourth-order valence-electron chi connectivity index (χ4n) is 1.95. The fourth-order valence-corrected chi connectivity index (χ4v) is 2.58. The number of carbonyl (C=O) groups is 2. The molecule has 2 unspecified atom stereocenters. The van der Waals surface area contributed by atoms with Crippen molar-refractivity contribution >= 4 is 23.2 Å². The van der Waals surface area contributed by atoms with Crippen molar-refractivity contribution in [3.63, 3.8) is 0 Å². The summed E-state index contributed by atoms with van der Waals surface area (Å²) in [5.74, 6) is 0.316. The predicted molar refractivity (Wildman–Crippen MR) is 81.1 cm³/mol. The predicted octanol–water partition coefficient (Wildman–Crippen LogP) is 2.68. The van der Waals surface area contributed by atoms with Gasteiger partial charge in [0.2, 0.25) is 5.91 Å². The van der Waals surface area contributed by atoms with Crippen LogP contribution in [0.4, 0.5) is 0 Å². The lowest BCUT2D eigenvalue weighted by Gasteiger charge is -2.26. The normalized spacial score (nSPS) is 13.5. The molecule has 21 heavy (non-hydrogen) atoms. The molecular weight excluding hydrogens is 288 g/mol. The first-order valence-corrected chi connectivity index (χ1v) is 7.53. The van der Waals surface area contributed by atoms with Gasteiger partial charge in [0.15, 0.2) is 0 Å². The van der Waals surface area contributed by atoms with E-state index >= 15 is 0 Å². The summed E-state index contributed by atoms with van der Waals surface area (Å²) in [5.41, 5.74) is 0. The maximum atomic E-state index is 12.4. The lowest BCUT2D eigenvalue weighted by atomic mass is 10.2. The minimum Gasteiger partial charge on any atom is -0.467 e. The van der Waals surface area contributed by atoms with E-state index in [4.69, 9.17) is 4.42 Å². The maximum absolute atomic E-state index is 12.4. The van der Waals surface area contributed by atoms with E-state index in [0.29, 0.717) is 10.6 Å². The van der Waals surface area contributed by atoms with Gasteiger partial charge in [-0.05, 0) is 37.4 Å². The molecule has 1 N–H and O–H groups in total. The van der Waals surface area contributed by atoms with Crippen LogP contribution in [0.5, 0.6) is 0 Å². The standard InChI is InChI=1S/C15H18N2O3S/c1-10(16-14(18)13-7-5-9-21-13)15(19)17(3)11(2)12-6-4-8-20-12/h4-11H,1-3H3,(H,16,18). The molecule has 2 rings (SSSR count). The van der Waals surface area contributed by atoms with E-state index in [-0.39, 0.29) is 17.9 Å². The summed E-state index contributed by atoms with van der Waals surface area (Å²) in [6.07, 6.45) is 1.58. The number of hydrogen-bond donors (Lipinski definition) is 1. The van der Waals surface area contributed by atoms with Gasteiger partial charge in [-0.25, -0.2) is 0 Å². The zero-order chi connectivity index (χ0) is 15.4. The number of nitrogens with one attached hydrogen (secondary N) is 1. The highest BCUT2D eigenvalue weighted by atomic mass is 32.1. The van der Waals surface area contributed by atoms with E-state index in [1.807, 2.05) is 18.4 Å². The topological polar surface area (TPSA) is 62.6 Å². The third kappa shape index (κ3) is 3.52. The first-order valence-electron chi connectivity index (χ1n) is 6.65. The Morgan fingerprint density at radius 3 is 2.62 bits per heavy atom. The third-order valence-electron chi connectivity index (χ3n) is 3.35. The Hall–Kier alpha value is -2.08. The van der Waals surface area contributed by atoms with Gasteiger partial charge in [0.05, 0.1) is 17.2 Å². The molecule has 0 saturated heterocycles. The number of amides is 2. The molecule has 2 aromatic heterocycles. The number of furan rings is 1. The van der Waals surface area contributed by atoms with Crippen molar-refractivity contribution in [2.75, 3.05) is 7.05 Å². The Bertz CT molecular complexity index is 592. The van der Waals surface area contributed by atoms with Crippen molar-refractivity contribution in [3.05, 3.63) is 46.5 Å². The highest BCUT2D eigenvalue weighted by Gasteiger charge is 2.25. The molecule has 6 heteroatoms. The van der Waals surface area contributed by atoms with E-state index in [2.05, 4.69) is 5.32 Å². The van der Waals surface area contributed by atoms with Crippen LogP contribution in [0, 0.1) is 0 Å². The Morgan fingerprint density at radius 1 is 1.29 bits per heavy atom. The Kier molecular flexibility index (Phi) is 4.80. The first-order chi connectivity index (χ1) is 10.0. The van der Waals surface area contributed by atoms with Crippen LogP contribution in [0.3, 0.4) is 0 Å². The Balaban J connectivity index is 1.97. The summed E-state index contributed by atoms with van der Waals surface area (Å²) in [5, 5.41) is 4.54. The molecular formula is C15H18N2O3S. The van der Waals surface area contributed by atoms with Crippen LogP contribution in [-0.2, 0) is 4.79 Å². The number of hydrogen-bond acceptors (Lipinski definition) is 4. The molecule has 0 aliphatic carbocycles.